The van der Waals surface area contributed by atoms with Crippen LogP contribution in [-0.4, -0.2) is 11.1 Å². The number of hydrogen-bond acceptors (Lipinski definition) is 1. The van der Waals surface area contributed by atoms with E-state index in [0.29, 0.717) is 12.0 Å². The Bertz CT molecular complexity index is 657. The smallest absolute Gasteiger partial charge is 0.339 e. The minimum absolute atomic E-state index is 0.329. The Morgan fingerprint density at radius 3 is 2.68 bits per heavy atom. The number of carboxylic acid groups (broad SMARTS) is 1. The van der Waals surface area contributed by atoms with Gasteiger partial charge in [-0.15, -0.1) is 5.73 Å². The highest BCUT2D eigenvalue weighted by atomic mass is 16.4. The lowest BCUT2D eigenvalue weighted by Crippen LogP contribution is -1.98. The fourth-order valence-electron chi connectivity index (χ4n) is 2.03. The van der Waals surface area contributed by atoms with Gasteiger partial charge in [-0.3, -0.25) is 0 Å². The van der Waals surface area contributed by atoms with Gasteiger partial charge in [0.25, 0.3) is 0 Å². The highest BCUT2D eigenvalue weighted by Gasteiger charge is 2.04. The molecule has 2 aromatic carbocycles. The predicted octanol–water partition coefficient (Wildman–Crippen LogP) is 4.26. The van der Waals surface area contributed by atoms with Crippen LogP contribution in [0.3, 0.4) is 0 Å². The van der Waals surface area contributed by atoms with Crippen LogP contribution in [0.15, 0.2) is 53.8 Å². The molecule has 0 atom stereocenters. The summed E-state index contributed by atoms with van der Waals surface area (Å²) in [5, 5.41) is 11.3. The van der Waals surface area contributed by atoms with Crippen LogP contribution in [0.1, 0.15) is 25.3 Å². The fraction of sp³-hybridized carbons (Fsp3) is 0.176. The van der Waals surface area contributed by atoms with Crippen LogP contribution in [0.25, 0.3) is 16.8 Å². The second-order valence-corrected chi connectivity index (χ2v) is 4.39. The zero-order valence-electron chi connectivity index (χ0n) is 10.9. The van der Waals surface area contributed by atoms with Crippen LogP contribution < -0.4 is 0 Å². The monoisotopic (exact) mass is 252 g/mol. The molecule has 0 aliphatic carbocycles. The van der Waals surface area contributed by atoms with Crippen LogP contribution >= 0.6 is 0 Å². The van der Waals surface area contributed by atoms with Gasteiger partial charge in [0.05, 0.1) is 5.57 Å². The lowest BCUT2D eigenvalue weighted by Gasteiger charge is -2.00. The minimum atomic E-state index is -0.890. The molecule has 2 rings (SSSR count). The SMILES string of the molecule is CCCC(=C=Cc1cccc2ccccc12)C(=O)O. The molecule has 0 fully saturated rings. The Balaban J connectivity index is 2.50. The molecule has 0 heterocycles. The first-order valence-corrected chi connectivity index (χ1v) is 6.39. The maximum atomic E-state index is 11.1. The van der Waals surface area contributed by atoms with E-state index in [9.17, 15) is 4.79 Å². The number of carbonyl (C=O) groups is 1. The maximum absolute atomic E-state index is 11.1. The molecular formula is C17H16O2. The van der Waals surface area contributed by atoms with Gasteiger partial charge in [-0.25, -0.2) is 4.79 Å². The van der Waals surface area contributed by atoms with Crippen molar-refractivity contribution in [2.75, 3.05) is 0 Å². The van der Waals surface area contributed by atoms with Gasteiger partial charge >= 0.3 is 5.97 Å². The van der Waals surface area contributed by atoms with E-state index in [1.165, 1.54) is 0 Å². The van der Waals surface area contributed by atoms with Crippen LogP contribution in [0.2, 0.25) is 0 Å². The normalized spacial score (nSPS) is 9.95. The van der Waals surface area contributed by atoms with Crippen molar-refractivity contribution in [3.8, 4) is 0 Å². The number of rotatable bonds is 4. The van der Waals surface area contributed by atoms with Crippen molar-refractivity contribution < 1.29 is 9.90 Å². The van der Waals surface area contributed by atoms with Crippen LogP contribution in [0.4, 0.5) is 0 Å². The van der Waals surface area contributed by atoms with Crippen LogP contribution in [-0.2, 0) is 4.79 Å². The van der Waals surface area contributed by atoms with Crippen molar-refractivity contribution >= 4 is 22.8 Å². The average molecular weight is 252 g/mol. The largest absolute Gasteiger partial charge is 0.477 e. The Morgan fingerprint density at radius 2 is 1.95 bits per heavy atom. The number of fused-ring (bicyclic) bond motifs is 1. The summed E-state index contributed by atoms with van der Waals surface area (Å²) in [5.74, 6) is -0.890. The zero-order valence-corrected chi connectivity index (χ0v) is 10.9. The van der Waals surface area contributed by atoms with E-state index in [2.05, 4.69) is 5.73 Å². The first-order valence-electron chi connectivity index (χ1n) is 6.39. The summed E-state index contributed by atoms with van der Waals surface area (Å²) < 4.78 is 0. The Morgan fingerprint density at radius 1 is 1.21 bits per heavy atom. The molecule has 19 heavy (non-hydrogen) atoms. The molecule has 96 valence electrons. The molecule has 2 heteroatoms. The third-order valence-corrected chi connectivity index (χ3v) is 2.98. The Hall–Kier alpha value is -2.31. The van der Waals surface area contributed by atoms with Crippen molar-refractivity contribution in [1.29, 1.82) is 0 Å². The number of hydrogen-bond donors (Lipinski definition) is 1. The molecule has 0 radical (unpaired) electrons. The first kappa shape index (κ1) is 13.1. The lowest BCUT2D eigenvalue weighted by molar-refractivity contribution is -0.132. The van der Waals surface area contributed by atoms with Crippen molar-refractivity contribution in [2.45, 2.75) is 19.8 Å². The summed E-state index contributed by atoms with van der Waals surface area (Å²) in [6.07, 6.45) is 3.11. The molecule has 0 aromatic heterocycles. The summed E-state index contributed by atoms with van der Waals surface area (Å²) in [6, 6.07) is 14.0. The van der Waals surface area contributed by atoms with Gasteiger partial charge < -0.3 is 5.11 Å². The van der Waals surface area contributed by atoms with Gasteiger partial charge in [0.15, 0.2) is 0 Å². The Kier molecular flexibility index (Phi) is 4.17. The van der Waals surface area contributed by atoms with Crippen LogP contribution in [0, 0.1) is 0 Å². The third-order valence-electron chi connectivity index (χ3n) is 2.98. The number of benzene rings is 2. The van der Waals surface area contributed by atoms with E-state index in [-0.39, 0.29) is 0 Å². The third kappa shape index (κ3) is 3.12. The van der Waals surface area contributed by atoms with Crippen molar-refractivity contribution in [2.24, 2.45) is 0 Å². The molecule has 0 bridgehead atoms. The molecule has 0 spiro atoms. The number of aliphatic carboxylic acids is 1. The molecule has 0 saturated heterocycles. The van der Waals surface area contributed by atoms with E-state index in [1.807, 2.05) is 49.4 Å². The van der Waals surface area contributed by atoms with E-state index < -0.39 is 5.97 Å². The molecule has 0 aliphatic rings. The van der Waals surface area contributed by atoms with Gasteiger partial charge in [0, 0.05) is 0 Å². The second-order valence-electron chi connectivity index (χ2n) is 4.39. The fourth-order valence-corrected chi connectivity index (χ4v) is 2.03. The van der Waals surface area contributed by atoms with E-state index in [1.54, 1.807) is 6.08 Å². The van der Waals surface area contributed by atoms with Crippen LogP contribution in [0.5, 0.6) is 0 Å². The predicted molar refractivity (Wildman–Crippen MR) is 78.0 cm³/mol. The summed E-state index contributed by atoms with van der Waals surface area (Å²) in [6.45, 7) is 1.96. The number of carboxylic acids is 1. The summed E-state index contributed by atoms with van der Waals surface area (Å²) in [4.78, 5) is 11.1. The summed E-state index contributed by atoms with van der Waals surface area (Å²) >= 11 is 0. The second kappa shape index (κ2) is 6.03. The molecule has 0 saturated carbocycles. The van der Waals surface area contributed by atoms with E-state index in [0.717, 1.165) is 22.8 Å². The average Bonchev–Trinajstić information content (AvgIpc) is 2.43. The van der Waals surface area contributed by atoms with Gasteiger partial charge in [0.2, 0.25) is 0 Å². The molecular weight excluding hydrogens is 236 g/mol. The molecule has 2 aromatic rings. The van der Waals surface area contributed by atoms with Crippen molar-refractivity contribution in [3.05, 3.63) is 59.3 Å². The maximum Gasteiger partial charge on any atom is 0.339 e. The van der Waals surface area contributed by atoms with E-state index >= 15 is 0 Å². The van der Waals surface area contributed by atoms with Gasteiger partial charge in [-0.2, -0.15) is 0 Å². The summed E-state index contributed by atoms with van der Waals surface area (Å²) in [5.41, 5.74) is 4.24. The van der Waals surface area contributed by atoms with Crippen molar-refractivity contribution in [1.82, 2.24) is 0 Å². The zero-order chi connectivity index (χ0) is 13.7. The summed E-state index contributed by atoms with van der Waals surface area (Å²) in [7, 11) is 0. The minimum Gasteiger partial charge on any atom is -0.477 e. The van der Waals surface area contributed by atoms with Gasteiger partial charge in [-0.1, -0.05) is 55.8 Å². The lowest BCUT2D eigenvalue weighted by atomic mass is 10.0. The molecule has 0 amide bonds. The topological polar surface area (TPSA) is 37.3 Å². The Labute approximate surface area is 112 Å². The highest BCUT2D eigenvalue weighted by molar-refractivity contribution is 5.92. The highest BCUT2D eigenvalue weighted by Crippen LogP contribution is 2.19. The van der Waals surface area contributed by atoms with Gasteiger partial charge in [0.1, 0.15) is 0 Å². The van der Waals surface area contributed by atoms with Crippen molar-refractivity contribution in [3.63, 3.8) is 0 Å². The molecule has 0 unspecified atom stereocenters. The molecule has 2 nitrogen and oxygen atoms in total. The molecule has 1 N–H and O–H groups in total. The first-order chi connectivity index (χ1) is 9.22. The van der Waals surface area contributed by atoms with Gasteiger partial charge in [-0.05, 0) is 28.8 Å². The molecule has 0 aliphatic heterocycles. The van der Waals surface area contributed by atoms with E-state index in [4.69, 9.17) is 5.11 Å². The standard InChI is InChI=1S/C17H16O2/c1-2-6-15(17(18)19)12-11-14-9-5-8-13-7-3-4-10-16(13)14/h3-5,7-11H,2,6H2,1H3,(H,18,19). The quantitative estimate of drug-likeness (QED) is 0.652.